The Morgan fingerprint density at radius 3 is 2.45 bits per heavy atom. The third-order valence-corrected chi connectivity index (χ3v) is 3.58. The van der Waals surface area contributed by atoms with Gasteiger partial charge in [-0.2, -0.15) is 0 Å². The molecule has 1 N–H and O–H groups in total. The van der Waals surface area contributed by atoms with Gasteiger partial charge in [0, 0.05) is 17.8 Å². The van der Waals surface area contributed by atoms with Gasteiger partial charge in [0.25, 0.3) is 0 Å². The minimum atomic E-state index is -0.824. The fraction of sp³-hybridized carbons (Fsp3) is 0.200. The first kappa shape index (κ1) is 14.5. The molecule has 104 valence electrons. The molecule has 5 heteroatoms. The lowest BCUT2D eigenvalue weighted by Crippen LogP contribution is -2.09. The molecular weight excluding hydrogens is 322 g/mol. The molecule has 1 aromatic heterocycles. The standard InChI is InChI=1S/C15H13NO3.BrH/c17-14(10-4-2-1-3-5-10)13-7-6-12-11(15(18)19)8-9-16(12)13;/h1-7,11H,8-9H2,(H,18,19);1H. The highest BCUT2D eigenvalue weighted by Crippen LogP contribution is 2.31. The summed E-state index contributed by atoms with van der Waals surface area (Å²) in [5.41, 5.74) is 1.93. The van der Waals surface area contributed by atoms with Gasteiger partial charge in [-0.1, -0.05) is 30.3 Å². The van der Waals surface area contributed by atoms with Crippen LogP contribution in [0.3, 0.4) is 0 Å². The van der Waals surface area contributed by atoms with Crippen LogP contribution in [0.25, 0.3) is 0 Å². The molecule has 1 aliphatic heterocycles. The van der Waals surface area contributed by atoms with E-state index in [1.165, 1.54) is 0 Å². The lowest BCUT2D eigenvalue weighted by molar-refractivity contribution is -0.138. The number of benzene rings is 1. The van der Waals surface area contributed by atoms with Gasteiger partial charge in [-0.3, -0.25) is 9.59 Å². The maximum absolute atomic E-state index is 12.4. The van der Waals surface area contributed by atoms with Crippen LogP contribution in [-0.2, 0) is 11.3 Å². The second kappa shape index (κ2) is 5.63. The molecule has 0 bridgehead atoms. The average molecular weight is 336 g/mol. The van der Waals surface area contributed by atoms with Crippen molar-refractivity contribution in [2.75, 3.05) is 0 Å². The minimum absolute atomic E-state index is 0. The summed E-state index contributed by atoms with van der Waals surface area (Å²) in [6.45, 7) is 0.590. The molecule has 3 rings (SSSR count). The number of nitrogens with zero attached hydrogens (tertiary/aromatic N) is 1. The van der Waals surface area contributed by atoms with Crippen molar-refractivity contribution >= 4 is 28.7 Å². The van der Waals surface area contributed by atoms with Crippen LogP contribution < -0.4 is 0 Å². The fourth-order valence-corrected chi connectivity index (χ4v) is 2.63. The lowest BCUT2D eigenvalue weighted by atomic mass is 10.1. The van der Waals surface area contributed by atoms with Gasteiger partial charge in [-0.25, -0.2) is 0 Å². The zero-order valence-corrected chi connectivity index (χ0v) is 12.4. The number of carbonyl (C=O) groups is 2. The number of carboxylic acid groups (broad SMARTS) is 1. The molecule has 20 heavy (non-hydrogen) atoms. The summed E-state index contributed by atoms with van der Waals surface area (Å²) in [5.74, 6) is -1.37. The molecule has 0 saturated heterocycles. The monoisotopic (exact) mass is 335 g/mol. The van der Waals surface area contributed by atoms with E-state index in [2.05, 4.69) is 0 Å². The molecule has 0 radical (unpaired) electrons. The Balaban J connectivity index is 0.00000147. The predicted octanol–water partition coefficient (Wildman–Crippen LogP) is 2.87. The van der Waals surface area contributed by atoms with Crippen LogP contribution in [0.5, 0.6) is 0 Å². The van der Waals surface area contributed by atoms with E-state index in [1.807, 2.05) is 22.8 Å². The van der Waals surface area contributed by atoms with Gasteiger partial charge in [0.05, 0.1) is 11.6 Å². The van der Waals surface area contributed by atoms with Crippen molar-refractivity contribution in [3.05, 3.63) is 59.4 Å². The van der Waals surface area contributed by atoms with Gasteiger partial charge >= 0.3 is 5.97 Å². The SMILES string of the molecule is Br.O=C(c1ccccc1)c1ccc2n1CCC2C(=O)O. The highest BCUT2D eigenvalue weighted by molar-refractivity contribution is 8.93. The number of aromatic nitrogens is 1. The smallest absolute Gasteiger partial charge is 0.312 e. The molecule has 0 fully saturated rings. The zero-order valence-electron chi connectivity index (χ0n) is 10.7. The van der Waals surface area contributed by atoms with Gasteiger partial charge in [-0.05, 0) is 18.6 Å². The summed E-state index contributed by atoms with van der Waals surface area (Å²) < 4.78 is 1.83. The first-order valence-corrected chi connectivity index (χ1v) is 6.20. The Bertz CT molecular complexity index is 648. The molecule has 0 amide bonds. The number of hydrogen-bond donors (Lipinski definition) is 1. The van der Waals surface area contributed by atoms with Gasteiger partial charge in [0.2, 0.25) is 5.78 Å². The van der Waals surface area contributed by atoms with Gasteiger partial charge in [-0.15, -0.1) is 17.0 Å². The van der Waals surface area contributed by atoms with Crippen molar-refractivity contribution in [3.63, 3.8) is 0 Å². The predicted molar refractivity (Wildman–Crippen MR) is 79.6 cm³/mol. The number of ketones is 1. The molecule has 0 spiro atoms. The summed E-state index contributed by atoms with van der Waals surface area (Å²) in [7, 11) is 0. The van der Waals surface area contributed by atoms with Crippen molar-refractivity contribution in [2.45, 2.75) is 18.9 Å². The summed E-state index contributed by atoms with van der Waals surface area (Å²) in [6, 6.07) is 12.5. The molecular formula is C15H14BrNO3. The Labute approximate surface area is 126 Å². The second-order valence-corrected chi connectivity index (χ2v) is 4.67. The number of fused-ring (bicyclic) bond motifs is 1. The largest absolute Gasteiger partial charge is 0.481 e. The zero-order chi connectivity index (χ0) is 13.4. The van der Waals surface area contributed by atoms with Crippen LogP contribution in [0.15, 0.2) is 42.5 Å². The third kappa shape index (κ3) is 2.29. The number of rotatable bonds is 3. The topological polar surface area (TPSA) is 59.3 Å². The molecule has 1 unspecified atom stereocenters. The quantitative estimate of drug-likeness (QED) is 0.877. The van der Waals surface area contributed by atoms with Crippen LogP contribution in [-0.4, -0.2) is 21.4 Å². The maximum atomic E-state index is 12.4. The number of carboxylic acids is 1. The van der Waals surface area contributed by atoms with Crippen LogP contribution >= 0.6 is 17.0 Å². The lowest BCUT2D eigenvalue weighted by Gasteiger charge is -2.05. The highest BCUT2D eigenvalue weighted by atomic mass is 79.9. The van der Waals surface area contributed by atoms with Crippen molar-refractivity contribution in [1.29, 1.82) is 0 Å². The van der Waals surface area contributed by atoms with E-state index in [0.29, 0.717) is 24.2 Å². The number of carbonyl (C=O) groups excluding carboxylic acids is 1. The third-order valence-electron chi connectivity index (χ3n) is 3.58. The van der Waals surface area contributed by atoms with E-state index in [0.717, 1.165) is 5.69 Å². The Hall–Kier alpha value is -1.88. The first-order chi connectivity index (χ1) is 9.18. The van der Waals surface area contributed by atoms with E-state index in [-0.39, 0.29) is 22.8 Å². The average Bonchev–Trinajstić information content (AvgIpc) is 2.99. The highest BCUT2D eigenvalue weighted by Gasteiger charge is 2.31. The van der Waals surface area contributed by atoms with Gasteiger partial charge in [0.1, 0.15) is 0 Å². The van der Waals surface area contributed by atoms with Gasteiger partial charge < -0.3 is 9.67 Å². The molecule has 1 aliphatic rings. The number of aliphatic carboxylic acids is 1. The fourth-order valence-electron chi connectivity index (χ4n) is 2.63. The van der Waals surface area contributed by atoms with Crippen molar-refractivity contribution < 1.29 is 14.7 Å². The van der Waals surface area contributed by atoms with Crippen molar-refractivity contribution in [2.24, 2.45) is 0 Å². The molecule has 2 heterocycles. The molecule has 1 atom stereocenters. The Morgan fingerprint density at radius 2 is 1.80 bits per heavy atom. The Kier molecular flexibility index (Phi) is 4.09. The van der Waals surface area contributed by atoms with Crippen molar-refractivity contribution in [3.8, 4) is 0 Å². The van der Waals surface area contributed by atoms with Crippen LogP contribution in [0.4, 0.5) is 0 Å². The van der Waals surface area contributed by atoms with Crippen LogP contribution in [0.1, 0.15) is 34.1 Å². The van der Waals surface area contributed by atoms with Crippen molar-refractivity contribution in [1.82, 2.24) is 4.57 Å². The maximum Gasteiger partial charge on any atom is 0.312 e. The molecule has 4 nitrogen and oxygen atoms in total. The number of halogens is 1. The summed E-state index contributed by atoms with van der Waals surface area (Å²) >= 11 is 0. The molecule has 0 aliphatic carbocycles. The van der Waals surface area contributed by atoms with E-state index < -0.39 is 11.9 Å². The molecule has 0 saturated carbocycles. The minimum Gasteiger partial charge on any atom is -0.481 e. The molecule has 2 aromatic rings. The number of hydrogen-bond acceptors (Lipinski definition) is 2. The second-order valence-electron chi connectivity index (χ2n) is 4.67. The van der Waals surface area contributed by atoms with Crippen LogP contribution in [0, 0.1) is 0 Å². The van der Waals surface area contributed by atoms with E-state index >= 15 is 0 Å². The van der Waals surface area contributed by atoms with Crippen LogP contribution in [0.2, 0.25) is 0 Å². The summed E-state index contributed by atoms with van der Waals surface area (Å²) in [5, 5.41) is 9.13. The van der Waals surface area contributed by atoms with E-state index in [9.17, 15) is 9.59 Å². The summed E-state index contributed by atoms with van der Waals surface area (Å²) in [6.07, 6.45) is 0.556. The first-order valence-electron chi connectivity index (χ1n) is 6.20. The van der Waals surface area contributed by atoms with E-state index in [4.69, 9.17) is 5.11 Å². The summed E-state index contributed by atoms with van der Waals surface area (Å²) in [4.78, 5) is 23.5. The molecule has 1 aromatic carbocycles. The Morgan fingerprint density at radius 1 is 1.10 bits per heavy atom. The van der Waals surface area contributed by atoms with Gasteiger partial charge in [0.15, 0.2) is 0 Å². The normalized spacial score (nSPS) is 16.3. The van der Waals surface area contributed by atoms with E-state index in [1.54, 1.807) is 24.3 Å².